The largest absolute Gasteiger partial charge is 0.508 e. The summed E-state index contributed by atoms with van der Waals surface area (Å²) in [6.45, 7) is 2.47. The Hall–Kier alpha value is -1.02. The van der Waals surface area contributed by atoms with Crippen molar-refractivity contribution < 1.29 is 10.2 Å². The van der Waals surface area contributed by atoms with E-state index < -0.39 is 0 Å². The molecule has 2 rings (SSSR count). The molecule has 1 aliphatic carbocycles. The summed E-state index contributed by atoms with van der Waals surface area (Å²) in [5, 5.41) is 18.6. The number of phenols is 1. The summed E-state index contributed by atoms with van der Waals surface area (Å²) >= 11 is 0. The maximum absolute atomic E-state index is 9.31. The van der Waals surface area contributed by atoms with Crippen molar-refractivity contribution in [1.29, 1.82) is 0 Å². The molecule has 0 aliphatic heterocycles. The standard InChI is InChI=1S/C14H20O2/c1-14(10-15)8-6-12(7-9-14)11-2-4-13(16)5-3-11/h2-5,12,15-16H,6-10H2,1H3. The molecule has 2 nitrogen and oxygen atoms in total. The van der Waals surface area contributed by atoms with E-state index in [-0.39, 0.29) is 5.41 Å². The predicted molar refractivity (Wildman–Crippen MR) is 64.5 cm³/mol. The van der Waals surface area contributed by atoms with Crippen LogP contribution in [0.2, 0.25) is 0 Å². The molecule has 0 saturated heterocycles. The Balaban J connectivity index is 2.01. The number of hydrogen-bond acceptors (Lipinski definition) is 2. The molecule has 16 heavy (non-hydrogen) atoms. The first-order valence-corrected chi connectivity index (χ1v) is 6.03. The van der Waals surface area contributed by atoms with E-state index in [2.05, 4.69) is 6.92 Å². The Kier molecular flexibility index (Phi) is 3.20. The second-order valence-electron chi connectivity index (χ2n) is 5.33. The molecule has 1 fully saturated rings. The van der Waals surface area contributed by atoms with Crippen molar-refractivity contribution in [2.24, 2.45) is 5.41 Å². The van der Waals surface area contributed by atoms with Crippen molar-refractivity contribution in [3.63, 3.8) is 0 Å². The molecule has 0 aromatic heterocycles. The second-order valence-corrected chi connectivity index (χ2v) is 5.33. The third-order valence-corrected chi connectivity index (χ3v) is 3.94. The highest BCUT2D eigenvalue weighted by Gasteiger charge is 2.30. The van der Waals surface area contributed by atoms with Gasteiger partial charge < -0.3 is 10.2 Å². The molecule has 1 aromatic carbocycles. The van der Waals surface area contributed by atoms with Gasteiger partial charge in [0.2, 0.25) is 0 Å². The second kappa shape index (κ2) is 4.46. The van der Waals surface area contributed by atoms with Crippen LogP contribution in [0, 0.1) is 5.41 Å². The number of aliphatic hydroxyl groups excluding tert-OH is 1. The van der Waals surface area contributed by atoms with Crippen LogP contribution in [0.1, 0.15) is 44.1 Å². The fraction of sp³-hybridized carbons (Fsp3) is 0.571. The van der Waals surface area contributed by atoms with E-state index in [0.29, 0.717) is 18.3 Å². The molecular formula is C14H20O2. The molecule has 0 bridgehead atoms. The van der Waals surface area contributed by atoms with Crippen LogP contribution in [0.15, 0.2) is 24.3 Å². The van der Waals surface area contributed by atoms with Gasteiger partial charge in [-0.15, -0.1) is 0 Å². The van der Waals surface area contributed by atoms with Gasteiger partial charge in [-0.05, 0) is 54.7 Å². The number of aliphatic hydroxyl groups is 1. The van der Waals surface area contributed by atoms with E-state index in [9.17, 15) is 10.2 Å². The zero-order valence-corrected chi connectivity index (χ0v) is 9.82. The topological polar surface area (TPSA) is 40.5 Å². The number of aromatic hydroxyl groups is 1. The van der Waals surface area contributed by atoms with Gasteiger partial charge in [0.05, 0.1) is 0 Å². The predicted octanol–water partition coefficient (Wildman–Crippen LogP) is 3.05. The average molecular weight is 220 g/mol. The molecule has 0 amide bonds. The minimum absolute atomic E-state index is 0.132. The number of benzene rings is 1. The molecule has 0 spiro atoms. The Morgan fingerprint density at radius 3 is 2.25 bits per heavy atom. The molecule has 2 N–H and O–H groups in total. The summed E-state index contributed by atoms with van der Waals surface area (Å²) in [5.41, 5.74) is 1.45. The van der Waals surface area contributed by atoms with Crippen LogP contribution in [-0.4, -0.2) is 16.8 Å². The van der Waals surface area contributed by atoms with Crippen molar-refractivity contribution in [2.75, 3.05) is 6.61 Å². The minimum atomic E-state index is 0.132. The summed E-state index contributed by atoms with van der Waals surface area (Å²) in [7, 11) is 0. The van der Waals surface area contributed by atoms with Crippen molar-refractivity contribution in [1.82, 2.24) is 0 Å². The van der Waals surface area contributed by atoms with Crippen LogP contribution < -0.4 is 0 Å². The molecule has 0 unspecified atom stereocenters. The lowest BCUT2D eigenvalue weighted by atomic mass is 9.70. The first-order chi connectivity index (χ1) is 7.63. The fourth-order valence-electron chi connectivity index (χ4n) is 2.55. The molecular weight excluding hydrogens is 200 g/mol. The zero-order chi connectivity index (χ0) is 11.6. The highest BCUT2D eigenvalue weighted by atomic mass is 16.3. The van der Waals surface area contributed by atoms with Gasteiger partial charge in [0, 0.05) is 6.61 Å². The van der Waals surface area contributed by atoms with Crippen molar-refractivity contribution in [3.8, 4) is 5.75 Å². The summed E-state index contributed by atoms with van der Waals surface area (Å²) in [5.74, 6) is 0.931. The lowest BCUT2D eigenvalue weighted by Gasteiger charge is -2.36. The zero-order valence-electron chi connectivity index (χ0n) is 9.82. The quantitative estimate of drug-likeness (QED) is 0.804. The molecule has 2 heteroatoms. The van der Waals surface area contributed by atoms with Crippen LogP contribution in [0.3, 0.4) is 0 Å². The van der Waals surface area contributed by atoms with Gasteiger partial charge in [0.15, 0.2) is 0 Å². The normalized spacial score (nSPS) is 30.2. The van der Waals surface area contributed by atoms with Crippen molar-refractivity contribution in [3.05, 3.63) is 29.8 Å². The maximum atomic E-state index is 9.31. The summed E-state index contributed by atoms with van der Waals surface area (Å²) in [6.07, 6.45) is 4.47. The monoisotopic (exact) mass is 220 g/mol. The van der Waals surface area contributed by atoms with Gasteiger partial charge in [-0.1, -0.05) is 19.1 Å². The third-order valence-electron chi connectivity index (χ3n) is 3.94. The van der Waals surface area contributed by atoms with E-state index in [1.807, 2.05) is 12.1 Å². The molecule has 1 aromatic rings. The number of hydrogen-bond donors (Lipinski definition) is 2. The molecule has 0 heterocycles. The highest BCUT2D eigenvalue weighted by Crippen LogP contribution is 2.42. The molecule has 1 aliphatic rings. The van der Waals surface area contributed by atoms with Crippen LogP contribution in [0.4, 0.5) is 0 Å². The third kappa shape index (κ3) is 2.38. The van der Waals surface area contributed by atoms with Gasteiger partial charge in [0.1, 0.15) is 5.75 Å². The van der Waals surface area contributed by atoms with Gasteiger partial charge in [-0.3, -0.25) is 0 Å². The van der Waals surface area contributed by atoms with E-state index in [4.69, 9.17) is 0 Å². The van der Waals surface area contributed by atoms with Gasteiger partial charge in [-0.2, -0.15) is 0 Å². The molecule has 1 saturated carbocycles. The number of rotatable bonds is 2. The molecule has 0 radical (unpaired) electrons. The summed E-state index contributed by atoms with van der Waals surface area (Å²) < 4.78 is 0. The highest BCUT2D eigenvalue weighted by molar-refractivity contribution is 5.28. The van der Waals surface area contributed by atoms with Crippen LogP contribution in [0.25, 0.3) is 0 Å². The van der Waals surface area contributed by atoms with Crippen LogP contribution in [0.5, 0.6) is 5.75 Å². The van der Waals surface area contributed by atoms with E-state index in [0.717, 1.165) is 25.7 Å². The lowest BCUT2D eigenvalue weighted by Crippen LogP contribution is -2.27. The maximum Gasteiger partial charge on any atom is 0.115 e. The Morgan fingerprint density at radius 2 is 1.75 bits per heavy atom. The summed E-state index contributed by atoms with van der Waals surface area (Å²) in [6, 6.07) is 7.55. The van der Waals surface area contributed by atoms with Gasteiger partial charge in [0.25, 0.3) is 0 Å². The Morgan fingerprint density at radius 1 is 1.19 bits per heavy atom. The Labute approximate surface area is 96.9 Å². The van der Waals surface area contributed by atoms with Crippen LogP contribution in [-0.2, 0) is 0 Å². The smallest absolute Gasteiger partial charge is 0.115 e. The van der Waals surface area contributed by atoms with Crippen molar-refractivity contribution in [2.45, 2.75) is 38.5 Å². The van der Waals surface area contributed by atoms with Crippen molar-refractivity contribution >= 4 is 0 Å². The molecule has 88 valence electrons. The van der Waals surface area contributed by atoms with E-state index >= 15 is 0 Å². The lowest BCUT2D eigenvalue weighted by molar-refractivity contribution is 0.0935. The van der Waals surface area contributed by atoms with Crippen LogP contribution >= 0.6 is 0 Å². The average Bonchev–Trinajstić information content (AvgIpc) is 2.32. The van der Waals surface area contributed by atoms with Gasteiger partial charge in [-0.25, -0.2) is 0 Å². The fourth-order valence-corrected chi connectivity index (χ4v) is 2.55. The first kappa shape index (κ1) is 11.5. The first-order valence-electron chi connectivity index (χ1n) is 6.03. The Bertz CT molecular complexity index is 334. The van der Waals surface area contributed by atoms with E-state index in [1.165, 1.54) is 5.56 Å². The van der Waals surface area contributed by atoms with Gasteiger partial charge >= 0.3 is 0 Å². The summed E-state index contributed by atoms with van der Waals surface area (Å²) in [4.78, 5) is 0. The SMILES string of the molecule is CC1(CO)CCC(c2ccc(O)cc2)CC1. The minimum Gasteiger partial charge on any atom is -0.508 e. The number of phenolic OH excluding ortho intramolecular Hbond substituents is 1. The molecule has 0 atom stereocenters. The van der Waals surface area contributed by atoms with E-state index in [1.54, 1.807) is 12.1 Å².